The van der Waals surface area contributed by atoms with Crippen molar-refractivity contribution in [3.63, 3.8) is 0 Å². The van der Waals surface area contributed by atoms with Crippen LogP contribution in [0.3, 0.4) is 0 Å². The molecule has 3 heteroatoms. The Balaban J connectivity index is 2.96. The SMILES string of the molecule is [2H]C([2H])([2H])c1csc(Br)n1. The van der Waals surface area contributed by atoms with E-state index in [9.17, 15) is 0 Å². The zero-order valence-electron chi connectivity index (χ0n) is 6.31. The van der Waals surface area contributed by atoms with Gasteiger partial charge in [-0.1, -0.05) is 0 Å². The third-order valence-electron chi connectivity index (χ3n) is 0.476. The molecular weight excluding hydrogens is 174 g/mol. The highest BCUT2D eigenvalue weighted by atomic mass is 79.9. The molecule has 0 bridgehead atoms. The maximum atomic E-state index is 6.94. The van der Waals surface area contributed by atoms with E-state index in [0.717, 1.165) is 0 Å². The smallest absolute Gasteiger partial charge is 0.159 e. The highest BCUT2D eigenvalue weighted by molar-refractivity contribution is 9.11. The third-order valence-corrected chi connectivity index (χ3v) is 1.84. The number of rotatable bonds is 0. The van der Waals surface area contributed by atoms with Crippen LogP contribution in [0.1, 0.15) is 9.81 Å². The van der Waals surface area contributed by atoms with E-state index in [4.69, 9.17) is 4.11 Å². The van der Waals surface area contributed by atoms with E-state index in [1.807, 2.05) is 0 Å². The molecule has 1 rings (SSSR count). The monoisotopic (exact) mass is 180 g/mol. The molecule has 0 radical (unpaired) electrons. The summed E-state index contributed by atoms with van der Waals surface area (Å²) >= 11 is 4.36. The first-order valence-corrected chi connectivity index (χ1v) is 3.29. The Morgan fingerprint density at radius 3 is 3.29 bits per heavy atom. The number of aromatic nitrogens is 1. The second-order valence-electron chi connectivity index (χ2n) is 0.986. The summed E-state index contributed by atoms with van der Waals surface area (Å²) in [6.45, 7) is -2.07. The molecule has 0 atom stereocenters. The average molecular weight is 181 g/mol. The molecule has 1 nitrogen and oxygen atoms in total. The van der Waals surface area contributed by atoms with Crippen molar-refractivity contribution in [2.45, 2.75) is 6.85 Å². The van der Waals surface area contributed by atoms with E-state index in [1.54, 1.807) is 0 Å². The lowest BCUT2D eigenvalue weighted by atomic mass is 10.6. The topological polar surface area (TPSA) is 12.9 Å². The van der Waals surface area contributed by atoms with Crippen molar-refractivity contribution in [3.8, 4) is 0 Å². The lowest BCUT2D eigenvalue weighted by Crippen LogP contribution is -1.63. The van der Waals surface area contributed by atoms with Gasteiger partial charge in [-0.05, 0) is 22.8 Å². The summed E-state index contributed by atoms with van der Waals surface area (Å²) in [5.41, 5.74) is 0.157. The van der Waals surface area contributed by atoms with E-state index in [1.165, 1.54) is 16.7 Å². The predicted octanol–water partition coefficient (Wildman–Crippen LogP) is 2.21. The number of aryl methyl sites for hydroxylation is 1. The van der Waals surface area contributed by atoms with Gasteiger partial charge >= 0.3 is 0 Å². The molecule has 0 saturated carbocycles. The van der Waals surface area contributed by atoms with Crippen LogP contribution in [0.25, 0.3) is 0 Å². The zero-order chi connectivity index (χ0) is 7.78. The molecule has 0 amide bonds. The van der Waals surface area contributed by atoms with E-state index in [2.05, 4.69) is 20.9 Å². The van der Waals surface area contributed by atoms with E-state index in [0.29, 0.717) is 3.92 Å². The van der Waals surface area contributed by atoms with Gasteiger partial charge in [0.2, 0.25) is 0 Å². The standard InChI is InChI=1S/C4H4BrNS/c1-3-2-7-4(5)6-3/h2H,1H3/i1D3. The Labute approximate surface area is 58.7 Å². The highest BCUT2D eigenvalue weighted by Gasteiger charge is 1.88. The van der Waals surface area contributed by atoms with E-state index < -0.39 is 6.85 Å². The summed E-state index contributed by atoms with van der Waals surface area (Å²) < 4.78 is 21.4. The Morgan fingerprint density at radius 1 is 2.14 bits per heavy atom. The summed E-state index contributed by atoms with van der Waals surface area (Å²) in [5.74, 6) is 0. The van der Waals surface area contributed by atoms with E-state index >= 15 is 0 Å². The molecule has 0 aliphatic heterocycles. The van der Waals surface area contributed by atoms with Crippen LogP contribution in [0.2, 0.25) is 0 Å². The van der Waals surface area contributed by atoms with Crippen LogP contribution in [0.15, 0.2) is 9.30 Å². The van der Waals surface area contributed by atoms with Gasteiger partial charge in [0.05, 0.1) is 0 Å². The molecule has 0 saturated heterocycles. The molecular formula is C4H4BrNS. The van der Waals surface area contributed by atoms with Gasteiger partial charge in [-0.15, -0.1) is 11.3 Å². The van der Waals surface area contributed by atoms with Crippen LogP contribution >= 0.6 is 27.3 Å². The van der Waals surface area contributed by atoms with Crippen molar-refractivity contribution in [1.29, 1.82) is 0 Å². The van der Waals surface area contributed by atoms with Crippen LogP contribution in [-0.2, 0) is 0 Å². The molecule has 0 fully saturated rings. The quantitative estimate of drug-likeness (QED) is 0.597. The molecule has 0 unspecified atom stereocenters. The van der Waals surface area contributed by atoms with Crippen molar-refractivity contribution in [1.82, 2.24) is 4.98 Å². The van der Waals surface area contributed by atoms with Crippen LogP contribution in [0.5, 0.6) is 0 Å². The first-order valence-electron chi connectivity index (χ1n) is 3.11. The fraction of sp³-hybridized carbons (Fsp3) is 0.250. The summed E-state index contributed by atoms with van der Waals surface area (Å²) in [6, 6.07) is 0. The van der Waals surface area contributed by atoms with Gasteiger partial charge in [0, 0.05) is 15.2 Å². The number of hydrogen-bond donors (Lipinski definition) is 0. The van der Waals surface area contributed by atoms with Gasteiger partial charge in [-0.2, -0.15) is 0 Å². The normalized spacial score (nSPS) is 17.6. The molecule has 1 aromatic heterocycles. The predicted molar refractivity (Wildman–Crippen MR) is 34.6 cm³/mol. The third kappa shape index (κ3) is 1.24. The molecule has 0 aliphatic rings. The second-order valence-corrected chi connectivity index (χ2v) is 3.12. The summed E-state index contributed by atoms with van der Waals surface area (Å²) in [4.78, 5) is 3.75. The lowest BCUT2D eigenvalue weighted by molar-refractivity contribution is 1.24. The second kappa shape index (κ2) is 1.92. The van der Waals surface area contributed by atoms with Crippen LogP contribution in [0.4, 0.5) is 0 Å². The molecule has 38 valence electrons. The van der Waals surface area contributed by atoms with Crippen LogP contribution < -0.4 is 0 Å². The Kier molecular flexibility index (Phi) is 0.713. The first kappa shape index (κ1) is 2.60. The van der Waals surface area contributed by atoms with Crippen molar-refractivity contribution < 1.29 is 4.11 Å². The Morgan fingerprint density at radius 2 is 3.00 bits per heavy atom. The number of halogens is 1. The minimum absolute atomic E-state index is 0.157. The Hall–Kier alpha value is 0.110. The maximum absolute atomic E-state index is 6.94. The molecule has 0 spiro atoms. The van der Waals surface area contributed by atoms with Gasteiger partial charge in [-0.25, -0.2) is 4.98 Å². The zero-order valence-corrected chi connectivity index (χ0v) is 5.71. The summed E-state index contributed by atoms with van der Waals surface area (Å²) in [6.07, 6.45) is 0. The Bertz CT molecular complexity index is 231. The van der Waals surface area contributed by atoms with Crippen molar-refractivity contribution in [2.75, 3.05) is 0 Å². The fourth-order valence-electron chi connectivity index (χ4n) is 0.252. The van der Waals surface area contributed by atoms with Gasteiger partial charge < -0.3 is 0 Å². The van der Waals surface area contributed by atoms with E-state index in [-0.39, 0.29) is 5.69 Å². The van der Waals surface area contributed by atoms with Crippen molar-refractivity contribution in [3.05, 3.63) is 15.0 Å². The van der Waals surface area contributed by atoms with Gasteiger partial charge in [0.25, 0.3) is 0 Å². The fourth-order valence-corrected chi connectivity index (χ4v) is 1.14. The highest BCUT2D eigenvalue weighted by Crippen LogP contribution is 2.14. The van der Waals surface area contributed by atoms with Crippen LogP contribution in [-0.4, -0.2) is 4.98 Å². The number of hydrogen-bond acceptors (Lipinski definition) is 2. The maximum Gasteiger partial charge on any atom is 0.159 e. The molecule has 7 heavy (non-hydrogen) atoms. The average Bonchev–Trinajstić information content (AvgIpc) is 2.11. The summed E-state index contributed by atoms with van der Waals surface area (Å²) in [7, 11) is 0. The number of thiazole rings is 1. The van der Waals surface area contributed by atoms with Gasteiger partial charge in [-0.3, -0.25) is 0 Å². The molecule has 1 aromatic rings. The molecule has 0 N–H and O–H groups in total. The minimum Gasteiger partial charge on any atom is -0.234 e. The first-order chi connectivity index (χ1) is 4.50. The minimum atomic E-state index is -2.07. The van der Waals surface area contributed by atoms with Crippen molar-refractivity contribution >= 4 is 27.3 Å². The lowest BCUT2D eigenvalue weighted by Gasteiger charge is -1.69. The van der Waals surface area contributed by atoms with Crippen molar-refractivity contribution in [2.24, 2.45) is 0 Å². The largest absolute Gasteiger partial charge is 0.234 e. The van der Waals surface area contributed by atoms with Crippen LogP contribution in [0, 0.1) is 6.85 Å². The number of nitrogens with zero attached hydrogens (tertiary/aromatic N) is 1. The molecule has 1 heterocycles. The van der Waals surface area contributed by atoms with Gasteiger partial charge in [0.15, 0.2) is 3.92 Å². The van der Waals surface area contributed by atoms with Gasteiger partial charge in [0.1, 0.15) is 0 Å². The molecule has 0 aromatic carbocycles. The summed E-state index contributed by atoms with van der Waals surface area (Å²) in [5, 5.41) is 1.52. The molecule has 0 aliphatic carbocycles.